The molecule has 118 valence electrons. The fraction of sp³-hybridized carbons (Fsp3) is 0.750. The highest BCUT2D eigenvalue weighted by Gasteiger charge is 2.24. The van der Waals surface area contributed by atoms with Crippen LogP contribution >= 0.6 is 0 Å². The van der Waals surface area contributed by atoms with Crippen molar-refractivity contribution in [2.24, 2.45) is 0 Å². The Morgan fingerprint density at radius 3 is 2.62 bits per heavy atom. The third-order valence-electron chi connectivity index (χ3n) is 4.28. The second kappa shape index (κ2) is 7.07. The van der Waals surface area contributed by atoms with E-state index in [9.17, 15) is 0 Å². The molecule has 5 nitrogen and oxygen atoms in total. The molecule has 1 saturated heterocycles. The molecule has 0 radical (unpaired) electrons. The van der Waals surface area contributed by atoms with Crippen molar-refractivity contribution in [3.05, 3.63) is 11.4 Å². The van der Waals surface area contributed by atoms with Crippen LogP contribution in [0.5, 0.6) is 0 Å². The molecule has 0 saturated carbocycles. The van der Waals surface area contributed by atoms with Crippen LogP contribution < -0.4 is 10.2 Å². The molecule has 2 heterocycles. The first-order valence-corrected chi connectivity index (χ1v) is 8.13. The Hall–Kier alpha value is -1.36. The van der Waals surface area contributed by atoms with Gasteiger partial charge in [0.15, 0.2) is 0 Å². The number of likely N-dealkylation sites (N-methyl/N-ethyl adjacent to an activating group) is 1. The van der Waals surface area contributed by atoms with Crippen molar-refractivity contribution >= 4 is 11.6 Å². The second-order valence-electron chi connectivity index (χ2n) is 5.99. The van der Waals surface area contributed by atoms with E-state index in [-0.39, 0.29) is 0 Å². The van der Waals surface area contributed by atoms with Gasteiger partial charge in [-0.05, 0) is 27.3 Å². The summed E-state index contributed by atoms with van der Waals surface area (Å²) in [4.78, 5) is 14.3. The molecule has 0 aliphatic carbocycles. The summed E-state index contributed by atoms with van der Waals surface area (Å²) in [5.74, 6) is 3.05. The molecule has 1 aromatic heterocycles. The summed E-state index contributed by atoms with van der Waals surface area (Å²) in [6.07, 6.45) is 1.98. The van der Waals surface area contributed by atoms with E-state index in [4.69, 9.17) is 4.98 Å². The number of rotatable bonds is 5. The zero-order chi connectivity index (χ0) is 15.4. The number of nitrogens with one attached hydrogen (secondary N) is 1. The first-order chi connectivity index (χ1) is 10.1. The Morgan fingerprint density at radius 2 is 2.00 bits per heavy atom. The van der Waals surface area contributed by atoms with Gasteiger partial charge in [0.25, 0.3) is 0 Å². The van der Waals surface area contributed by atoms with E-state index < -0.39 is 0 Å². The van der Waals surface area contributed by atoms with Gasteiger partial charge in [0, 0.05) is 44.2 Å². The Bertz CT molecular complexity index is 474. The lowest BCUT2D eigenvalue weighted by atomic mass is 10.2. The quantitative estimate of drug-likeness (QED) is 0.902. The molecule has 1 aliphatic heterocycles. The summed E-state index contributed by atoms with van der Waals surface area (Å²) >= 11 is 0. The molecule has 1 N–H and O–H groups in total. The van der Waals surface area contributed by atoms with Gasteiger partial charge in [-0.2, -0.15) is 0 Å². The molecule has 21 heavy (non-hydrogen) atoms. The van der Waals surface area contributed by atoms with Gasteiger partial charge in [0.2, 0.25) is 0 Å². The zero-order valence-corrected chi connectivity index (χ0v) is 14.1. The molecule has 2 rings (SSSR count). The van der Waals surface area contributed by atoms with Crippen molar-refractivity contribution in [3.8, 4) is 0 Å². The zero-order valence-electron chi connectivity index (χ0n) is 14.1. The summed E-state index contributed by atoms with van der Waals surface area (Å²) < 4.78 is 0. The smallest absolute Gasteiger partial charge is 0.137 e. The summed E-state index contributed by atoms with van der Waals surface area (Å²) in [6.45, 7) is 12.8. The van der Waals surface area contributed by atoms with Crippen LogP contribution in [0.15, 0.2) is 0 Å². The number of anilines is 2. The normalized spacial score (nSPS) is 19.9. The minimum absolute atomic E-state index is 0.560. The lowest BCUT2D eigenvalue weighted by Gasteiger charge is -2.39. The molecular formula is C16H29N5. The van der Waals surface area contributed by atoms with E-state index in [2.05, 4.69) is 54.8 Å². The molecule has 5 heteroatoms. The number of piperazine rings is 1. The van der Waals surface area contributed by atoms with Gasteiger partial charge in [0.05, 0.1) is 0 Å². The van der Waals surface area contributed by atoms with Crippen molar-refractivity contribution in [1.82, 2.24) is 14.9 Å². The molecule has 0 amide bonds. The highest BCUT2D eigenvalue weighted by atomic mass is 15.3. The van der Waals surface area contributed by atoms with Crippen molar-refractivity contribution in [2.75, 3.05) is 43.4 Å². The molecule has 0 spiro atoms. The minimum Gasteiger partial charge on any atom is -0.370 e. The maximum atomic E-state index is 4.80. The third kappa shape index (κ3) is 3.64. The summed E-state index contributed by atoms with van der Waals surface area (Å²) in [5, 5.41) is 3.45. The van der Waals surface area contributed by atoms with Crippen molar-refractivity contribution in [2.45, 2.75) is 46.6 Å². The van der Waals surface area contributed by atoms with Crippen LogP contribution in [0.3, 0.4) is 0 Å². The topological polar surface area (TPSA) is 44.3 Å². The van der Waals surface area contributed by atoms with Gasteiger partial charge < -0.3 is 15.1 Å². The summed E-state index contributed by atoms with van der Waals surface area (Å²) in [5.41, 5.74) is 1.18. The van der Waals surface area contributed by atoms with Crippen molar-refractivity contribution < 1.29 is 0 Å². The van der Waals surface area contributed by atoms with Crippen LogP contribution in [-0.2, 0) is 6.42 Å². The third-order valence-corrected chi connectivity index (χ3v) is 4.28. The van der Waals surface area contributed by atoms with E-state index in [1.54, 1.807) is 0 Å². The van der Waals surface area contributed by atoms with Gasteiger partial charge in [-0.1, -0.05) is 13.8 Å². The number of nitrogens with zero attached hydrogens (tertiary/aromatic N) is 4. The highest BCUT2D eigenvalue weighted by molar-refractivity contribution is 5.59. The van der Waals surface area contributed by atoms with Crippen LogP contribution in [0, 0.1) is 6.92 Å². The summed E-state index contributed by atoms with van der Waals surface area (Å²) in [7, 11) is 2.19. The number of aromatic nitrogens is 2. The van der Waals surface area contributed by atoms with Crippen molar-refractivity contribution in [1.29, 1.82) is 0 Å². The SMILES string of the molecule is CCCNc1nc(CC)nc(N2CCN(C)C(C)C2)c1C. The predicted molar refractivity (Wildman–Crippen MR) is 89.2 cm³/mol. The Kier molecular flexibility index (Phi) is 5.39. The average molecular weight is 291 g/mol. The Labute approximate surface area is 128 Å². The molecule has 0 bridgehead atoms. The number of aryl methyl sites for hydroxylation is 1. The second-order valence-corrected chi connectivity index (χ2v) is 5.99. The van der Waals surface area contributed by atoms with Gasteiger partial charge in [0.1, 0.15) is 17.5 Å². The average Bonchev–Trinajstić information content (AvgIpc) is 2.49. The minimum atomic E-state index is 0.560. The monoisotopic (exact) mass is 291 g/mol. The standard InChI is InChI=1S/C16H29N5/c1-6-8-17-15-13(4)16(19-14(7-2)18-15)21-10-9-20(5)12(3)11-21/h12H,6-11H2,1-5H3,(H,17,18,19). The Balaban J connectivity index is 2.29. The van der Waals surface area contributed by atoms with E-state index in [1.807, 2.05) is 0 Å². The van der Waals surface area contributed by atoms with Crippen LogP contribution in [0.2, 0.25) is 0 Å². The van der Waals surface area contributed by atoms with Crippen LogP contribution in [-0.4, -0.2) is 54.1 Å². The molecular weight excluding hydrogens is 262 g/mol. The van der Waals surface area contributed by atoms with Crippen LogP contribution in [0.1, 0.15) is 38.6 Å². The maximum absolute atomic E-state index is 4.80. The number of hydrogen-bond donors (Lipinski definition) is 1. The van der Waals surface area contributed by atoms with E-state index in [0.717, 1.165) is 56.5 Å². The largest absolute Gasteiger partial charge is 0.370 e. The van der Waals surface area contributed by atoms with Gasteiger partial charge in [-0.25, -0.2) is 9.97 Å². The predicted octanol–water partition coefficient (Wildman–Crippen LogP) is 2.31. The number of hydrogen-bond acceptors (Lipinski definition) is 5. The van der Waals surface area contributed by atoms with E-state index in [0.29, 0.717) is 6.04 Å². The lowest BCUT2D eigenvalue weighted by molar-refractivity contribution is 0.233. The van der Waals surface area contributed by atoms with Crippen LogP contribution in [0.25, 0.3) is 0 Å². The maximum Gasteiger partial charge on any atom is 0.137 e. The van der Waals surface area contributed by atoms with E-state index >= 15 is 0 Å². The lowest BCUT2D eigenvalue weighted by Crippen LogP contribution is -2.50. The molecule has 1 aromatic rings. The van der Waals surface area contributed by atoms with E-state index in [1.165, 1.54) is 5.56 Å². The first-order valence-electron chi connectivity index (χ1n) is 8.13. The molecule has 1 aliphatic rings. The fourth-order valence-corrected chi connectivity index (χ4v) is 2.67. The van der Waals surface area contributed by atoms with Gasteiger partial charge >= 0.3 is 0 Å². The van der Waals surface area contributed by atoms with Gasteiger partial charge in [-0.3, -0.25) is 0 Å². The molecule has 0 aromatic carbocycles. The summed E-state index contributed by atoms with van der Waals surface area (Å²) in [6, 6.07) is 0.560. The molecule has 1 unspecified atom stereocenters. The molecule has 1 fully saturated rings. The van der Waals surface area contributed by atoms with Gasteiger partial charge in [-0.15, -0.1) is 0 Å². The molecule has 1 atom stereocenters. The van der Waals surface area contributed by atoms with Crippen molar-refractivity contribution in [3.63, 3.8) is 0 Å². The Morgan fingerprint density at radius 1 is 1.24 bits per heavy atom. The highest BCUT2D eigenvalue weighted by Crippen LogP contribution is 2.25. The first kappa shape index (κ1) is 16.0. The van der Waals surface area contributed by atoms with Crippen LogP contribution in [0.4, 0.5) is 11.6 Å². The fourth-order valence-electron chi connectivity index (χ4n) is 2.67.